The van der Waals surface area contributed by atoms with Crippen LogP contribution in [-0.4, -0.2) is 53.7 Å². The second-order valence-corrected chi connectivity index (χ2v) is 4.94. The lowest BCUT2D eigenvalue weighted by atomic mass is 9.98. The minimum atomic E-state index is -4.42. The van der Waals surface area contributed by atoms with Crippen LogP contribution >= 0.6 is 0 Å². The summed E-state index contributed by atoms with van der Waals surface area (Å²) in [7, 11) is 0. The molecule has 1 fully saturated rings. The first-order valence-electron chi connectivity index (χ1n) is 6.57. The molecule has 1 heterocycles. The maximum absolute atomic E-state index is 12.0. The Kier molecular flexibility index (Phi) is 6.25. The Morgan fingerprint density at radius 2 is 2.00 bits per heavy atom. The van der Waals surface area contributed by atoms with E-state index in [1.807, 2.05) is 5.32 Å². The summed E-state index contributed by atoms with van der Waals surface area (Å²) in [6.45, 7) is -0.830. The third-order valence-electron chi connectivity index (χ3n) is 3.27. The Morgan fingerprint density at radius 3 is 2.60 bits per heavy atom. The quantitative estimate of drug-likeness (QED) is 0.777. The maximum Gasteiger partial charge on any atom is 0.405 e. The number of hydrogen-bond acceptors (Lipinski definition) is 3. The van der Waals surface area contributed by atoms with E-state index in [9.17, 15) is 22.8 Å². The Labute approximate surface area is 115 Å². The summed E-state index contributed by atoms with van der Waals surface area (Å²) in [6, 6.07) is -0.0449. The molecule has 116 valence electrons. The van der Waals surface area contributed by atoms with Crippen molar-refractivity contribution in [1.82, 2.24) is 10.2 Å². The van der Waals surface area contributed by atoms with E-state index in [0.717, 1.165) is 19.3 Å². The lowest BCUT2D eigenvalue weighted by molar-refractivity contribution is -0.140. The van der Waals surface area contributed by atoms with E-state index in [-0.39, 0.29) is 19.0 Å². The van der Waals surface area contributed by atoms with Crippen molar-refractivity contribution in [2.24, 2.45) is 0 Å². The van der Waals surface area contributed by atoms with Crippen LogP contribution in [0.4, 0.5) is 13.2 Å². The van der Waals surface area contributed by atoms with Crippen molar-refractivity contribution in [3.63, 3.8) is 0 Å². The number of carboxylic acid groups (broad SMARTS) is 1. The number of alkyl halides is 3. The predicted octanol–water partition coefficient (Wildman–Crippen LogP) is 1.38. The molecule has 0 spiro atoms. The van der Waals surface area contributed by atoms with Gasteiger partial charge in [-0.25, -0.2) is 0 Å². The van der Waals surface area contributed by atoms with Crippen molar-refractivity contribution >= 4 is 11.9 Å². The summed E-state index contributed by atoms with van der Waals surface area (Å²) in [5.74, 6) is -1.58. The molecule has 0 aliphatic carbocycles. The standard InChI is InChI=1S/C12H19F3N2O3/c13-12(14,15)8-16-10(18)7-17-6-2-1-3-9(17)4-5-11(19)20/h9H,1-8H2,(H,16,18)(H,19,20). The maximum atomic E-state index is 12.0. The zero-order valence-electron chi connectivity index (χ0n) is 11.1. The van der Waals surface area contributed by atoms with E-state index in [1.165, 1.54) is 0 Å². The number of carbonyl (C=O) groups is 2. The number of piperidine rings is 1. The number of rotatable bonds is 6. The number of halogens is 3. The summed E-state index contributed by atoms with van der Waals surface area (Å²) in [4.78, 5) is 23.8. The largest absolute Gasteiger partial charge is 0.481 e. The van der Waals surface area contributed by atoms with E-state index in [4.69, 9.17) is 5.11 Å². The van der Waals surface area contributed by atoms with Gasteiger partial charge in [0.2, 0.25) is 5.91 Å². The number of nitrogens with zero attached hydrogens (tertiary/aromatic N) is 1. The minimum absolute atomic E-state index is 0.00529. The Morgan fingerprint density at radius 1 is 1.30 bits per heavy atom. The number of nitrogens with one attached hydrogen (secondary N) is 1. The van der Waals surface area contributed by atoms with Gasteiger partial charge in [-0.05, 0) is 25.8 Å². The van der Waals surface area contributed by atoms with Crippen molar-refractivity contribution in [3.8, 4) is 0 Å². The van der Waals surface area contributed by atoms with Crippen LogP contribution in [0.2, 0.25) is 0 Å². The molecule has 0 aromatic rings. The second-order valence-electron chi connectivity index (χ2n) is 4.94. The van der Waals surface area contributed by atoms with Crippen LogP contribution in [0.3, 0.4) is 0 Å². The average Bonchev–Trinajstić information content (AvgIpc) is 2.34. The van der Waals surface area contributed by atoms with E-state index in [1.54, 1.807) is 4.90 Å². The second kappa shape index (κ2) is 7.47. The molecule has 1 aliphatic rings. The van der Waals surface area contributed by atoms with Crippen LogP contribution in [-0.2, 0) is 9.59 Å². The Balaban J connectivity index is 2.41. The van der Waals surface area contributed by atoms with Crippen molar-refractivity contribution in [1.29, 1.82) is 0 Å². The molecule has 0 radical (unpaired) electrons. The van der Waals surface area contributed by atoms with Gasteiger partial charge in [0.05, 0.1) is 6.54 Å². The molecule has 1 atom stereocenters. The van der Waals surface area contributed by atoms with Gasteiger partial charge in [0, 0.05) is 12.5 Å². The van der Waals surface area contributed by atoms with Gasteiger partial charge in [0.15, 0.2) is 0 Å². The zero-order valence-corrected chi connectivity index (χ0v) is 11.1. The van der Waals surface area contributed by atoms with E-state index < -0.39 is 24.6 Å². The third kappa shape index (κ3) is 6.74. The number of carbonyl (C=O) groups excluding carboxylic acids is 1. The molecule has 0 aromatic carbocycles. The summed E-state index contributed by atoms with van der Waals surface area (Å²) >= 11 is 0. The first kappa shape index (κ1) is 16.7. The van der Waals surface area contributed by atoms with Crippen LogP contribution in [0.15, 0.2) is 0 Å². The van der Waals surface area contributed by atoms with Gasteiger partial charge < -0.3 is 10.4 Å². The van der Waals surface area contributed by atoms with E-state index >= 15 is 0 Å². The fraction of sp³-hybridized carbons (Fsp3) is 0.833. The van der Waals surface area contributed by atoms with Crippen LogP contribution < -0.4 is 5.32 Å². The van der Waals surface area contributed by atoms with Crippen molar-refractivity contribution < 1.29 is 27.9 Å². The first-order chi connectivity index (χ1) is 9.28. The molecule has 1 saturated heterocycles. The third-order valence-corrected chi connectivity index (χ3v) is 3.27. The number of likely N-dealkylation sites (tertiary alicyclic amines) is 1. The molecule has 1 aliphatic heterocycles. The van der Waals surface area contributed by atoms with Gasteiger partial charge in [-0.15, -0.1) is 0 Å². The van der Waals surface area contributed by atoms with Gasteiger partial charge in [0.25, 0.3) is 0 Å². The highest BCUT2D eigenvalue weighted by molar-refractivity contribution is 5.78. The minimum Gasteiger partial charge on any atom is -0.481 e. The average molecular weight is 296 g/mol. The summed E-state index contributed by atoms with van der Waals surface area (Å²) in [5, 5.41) is 10.5. The Bertz CT molecular complexity index is 347. The lowest BCUT2D eigenvalue weighted by Crippen LogP contribution is -2.47. The number of carboxylic acids is 1. The van der Waals surface area contributed by atoms with Gasteiger partial charge in [-0.1, -0.05) is 6.42 Å². The summed E-state index contributed by atoms with van der Waals surface area (Å²) < 4.78 is 36.0. The van der Waals surface area contributed by atoms with Gasteiger partial charge in [-0.2, -0.15) is 13.2 Å². The highest BCUT2D eigenvalue weighted by atomic mass is 19.4. The topological polar surface area (TPSA) is 69.6 Å². The molecule has 8 heteroatoms. The van der Waals surface area contributed by atoms with E-state index in [0.29, 0.717) is 13.0 Å². The van der Waals surface area contributed by atoms with Gasteiger partial charge in [-0.3, -0.25) is 14.5 Å². The first-order valence-corrected chi connectivity index (χ1v) is 6.57. The molecule has 2 N–H and O–H groups in total. The van der Waals surface area contributed by atoms with Crippen molar-refractivity contribution in [2.75, 3.05) is 19.6 Å². The number of hydrogen-bond donors (Lipinski definition) is 2. The van der Waals surface area contributed by atoms with Crippen LogP contribution in [0, 0.1) is 0 Å². The molecule has 5 nitrogen and oxygen atoms in total. The molecular weight excluding hydrogens is 277 g/mol. The van der Waals surface area contributed by atoms with Crippen LogP contribution in [0.25, 0.3) is 0 Å². The molecule has 1 amide bonds. The molecule has 0 saturated carbocycles. The Hall–Kier alpha value is -1.31. The van der Waals surface area contributed by atoms with E-state index in [2.05, 4.69) is 0 Å². The smallest absolute Gasteiger partial charge is 0.405 e. The molecule has 1 rings (SSSR count). The molecule has 20 heavy (non-hydrogen) atoms. The molecule has 0 aromatic heterocycles. The van der Waals surface area contributed by atoms with Crippen LogP contribution in [0.1, 0.15) is 32.1 Å². The normalized spacial score (nSPS) is 20.6. The van der Waals surface area contributed by atoms with Crippen molar-refractivity contribution in [3.05, 3.63) is 0 Å². The fourth-order valence-corrected chi connectivity index (χ4v) is 2.32. The summed E-state index contributed by atoms with van der Waals surface area (Å²) in [5.41, 5.74) is 0. The molecule has 0 bridgehead atoms. The lowest BCUT2D eigenvalue weighted by Gasteiger charge is -2.35. The SMILES string of the molecule is O=C(O)CCC1CCCCN1CC(=O)NCC(F)(F)F. The monoisotopic (exact) mass is 296 g/mol. The van der Waals surface area contributed by atoms with Crippen molar-refractivity contribution in [2.45, 2.75) is 44.3 Å². The van der Waals surface area contributed by atoms with Gasteiger partial charge in [0.1, 0.15) is 6.54 Å². The van der Waals surface area contributed by atoms with Gasteiger partial charge >= 0.3 is 12.1 Å². The highest BCUT2D eigenvalue weighted by Gasteiger charge is 2.29. The predicted molar refractivity (Wildman–Crippen MR) is 65.1 cm³/mol. The summed E-state index contributed by atoms with van der Waals surface area (Å²) in [6.07, 6.45) is -1.39. The molecule has 1 unspecified atom stereocenters. The fourth-order valence-electron chi connectivity index (χ4n) is 2.32. The zero-order chi connectivity index (χ0) is 15.2. The number of amides is 1. The molecular formula is C12H19F3N2O3. The number of aliphatic carboxylic acids is 1. The van der Waals surface area contributed by atoms with Crippen LogP contribution in [0.5, 0.6) is 0 Å². The highest BCUT2D eigenvalue weighted by Crippen LogP contribution is 2.20.